The van der Waals surface area contributed by atoms with Crippen LogP contribution in [0.3, 0.4) is 0 Å². The normalized spacial score (nSPS) is 18.4. The minimum Gasteiger partial charge on any atom is -0.481 e. The zero-order valence-corrected chi connectivity index (χ0v) is 9.90. The van der Waals surface area contributed by atoms with E-state index in [1.165, 1.54) is 4.90 Å². The van der Waals surface area contributed by atoms with Crippen molar-refractivity contribution in [2.45, 2.75) is 6.42 Å². The number of likely N-dealkylation sites (tertiary alicyclic amines) is 1. The van der Waals surface area contributed by atoms with E-state index < -0.39 is 29.6 Å². The van der Waals surface area contributed by atoms with E-state index >= 15 is 0 Å². The predicted molar refractivity (Wildman–Crippen MR) is 62.7 cm³/mol. The van der Waals surface area contributed by atoms with Gasteiger partial charge in [-0.25, -0.2) is 13.6 Å². The molecule has 1 unspecified atom stereocenters. The summed E-state index contributed by atoms with van der Waals surface area (Å²) in [5.41, 5.74) is 0.00118. The van der Waals surface area contributed by atoms with Crippen molar-refractivity contribution in [3.05, 3.63) is 29.8 Å². The third-order valence-corrected chi connectivity index (χ3v) is 2.94. The third kappa shape index (κ3) is 3.18. The van der Waals surface area contributed by atoms with Gasteiger partial charge in [0.2, 0.25) is 0 Å². The number of carboxylic acid groups (broad SMARTS) is 1. The molecule has 7 heteroatoms. The summed E-state index contributed by atoms with van der Waals surface area (Å²) in [6, 6.07) is 2.12. The first-order valence-electron chi connectivity index (χ1n) is 5.70. The lowest BCUT2D eigenvalue weighted by molar-refractivity contribution is -0.141. The molecule has 0 spiro atoms. The second-order valence-corrected chi connectivity index (χ2v) is 4.36. The van der Waals surface area contributed by atoms with Crippen molar-refractivity contribution in [2.75, 3.05) is 18.4 Å². The Hall–Kier alpha value is -2.18. The Labute approximate surface area is 107 Å². The van der Waals surface area contributed by atoms with Gasteiger partial charge in [0, 0.05) is 24.8 Å². The molecule has 1 atom stereocenters. The molecule has 102 valence electrons. The van der Waals surface area contributed by atoms with E-state index in [1.807, 2.05) is 0 Å². The first-order chi connectivity index (χ1) is 8.95. The van der Waals surface area contributed by atoms with Crippen molar-refractivity contribution < 1.29 is 23.5 Å². The van der Waals surface area contributed by atoms with Crippen LogP contribution < -0.4 is 5.32 Å². The summed E-state index contributed by atoms with van der Waals surface area (Å²) in [5.74, 6) is -3.12. The number of rotatable bonds is 2. The van der Waals surface area contributed by atoms with Crippen LogP contribution in [0.1, 0.15) is 6.42 Å². The van der Waals surface area contributed by atoms with E-state index in [1.54, 1.807) is 0 Å². The summed E-state index contributed by atoms with van der Waals surface area (Å²) < 4.78 is 25.9. The van der Waals surface area contributed by atoms with Gasteiger partial charge in [-0.3, -0.25) is 4.79 Å². The summed E-state index contributed by atoms with van der Waals surface area (Å²) in [6.45, 7) is 0.402. The lowest BCUT2D eigenvalue weighted by Gasteiger charge is -2.16. The van der Waals surface area contributed by atoms with Crippen molar-refractivity contribution in [3.8, 4) is 0 Å². The van der Waals surface area contributed by atoms with E-state index in [0.717, 1.165) is 12.1 Å². The van der Waals surface area contributed by atoms with Crippen LogP contribution in [0.25, 0.3) is 0 Å². The summed E-state index contributed by atoms with van der Waals surface area (Å²) in [7, 11) is 0. The number of amides is 2. The predicted octanol–water partition coefficient (Wildman–Crippen LogP) is 1.90. The van der Waals surface area contributed by atoms with E-state index in [9.17, 15) is 18.4 Å². The molecule has 1 saturated heterocycles. The Morgan fingerprint density at radius 3 is 2.42 bits per heavy atom. The van der Waals surface area contributed by atoms with E-state index in [2.05, 4.69) is 5.32 Å². The van der Waals surface area contributed by atoms with Gasteiger partial charge in [-0.05, 0) is 18.6 Å². The number of nitrogens with one attached hydrogen (secondary N) is 1. The number of carbonyl (C=O) groups excluding carboxylic acids is 1. The minimum atomic E-state index is -0.952. The minimum absolute atomic E-state index is 0.00118. The average molecular weight is 270 g/mol. The fourth-order valence-corrected chi connectivity index (χ4v) is 1.97. The van der Waals surface area contributed by atoms with Gasteiger partial charge in [-0.1, -0.05) is 0 Å². The Kier molecular flexibility index (Phi) is 3.64. The molecule has 5 nitrogen and oxygen atoms in total. The number of benzene rings is 1. The van der Waals surface area contributed by atoms with Crippen molar-refractivity contribution in [2.24, 2.45) is 5.92 Å². The van der Waals surface area contributed by atoms with Crippen LogP contribution in [0, 0.1) is 17.6 Å². The number of nitrogens with zero attached hydrogens (tertiary/aromatic N) is 1. The van der Waals surface area contributed by atoms with Crippen molar-refractivity contribution in [1.82, 2.24) is 4.90 Å². The number of aliphatic carboxylic acids is 1. The fraction of sp³-hybridized carbons (Fsp3) is 0.333. The first-order valence-corrected chi connectivity index (χ1v) is 5.70. The molecule has 1 aliphatic heterocycles. The molecule has 2 amide bonds. The highest BCUT2D eigenvalue weighted by Gasteiger charge is 2.30. The Morgan fingerprint density at radius 2 is 1.89 bits per heavy atom. The standard InChI is InChI=1S/C12H12F2N2O3/c13-8-3-9(14)5-10(4-8)15-12(19)16-2-1-7(6-16)11(17)18/h3-5,7H,1-2,6H2,(H,15,19)(H,17,18). The van der Waals surface area contributed by atoms with E-state index in [0.29, 0.717) is 19.0 Å². The molecule has 0 aliphatic carbocycles. The molecular weight excluding hydrogens is 258 g/mol. The Bertz CT molecular complexity index is 501. The first kappa shape index (κ1) is 13.3. The highest BCUT2D eigenvalue weighted by Crippen LogP contribution is 2.19. The molecule has 1 aliphatic rings. The molecule has 0 bridgehead atoms. The maximum Gasteiger partial charge on any atom is 0.321 e. The lowest BCUT2D eigenvalue weighted by Crippen LogP contribution is -2.33. The molecule has 1 heterocycles. The summed E-state index contributed by atoms with van der Waals surface area (Å²) in [6.07, 6.45) is 0.375. The highest BCUT2D eigenvalue weighted by atomic mass is 19.1. The number of hydrogen-bond acceptors (Lipinski definition) is 2. The average Bonchev–Trinajstić information content (AvgIpc) is 2.76. The van der Waals surface area contributed by atoms with Gasteiger partial charge in [0.25, 0.3) is 0 Å². The molecule has 1 aromatic carbocycles. The van der Waals surface area contributed by atoms with Gasteiger partial charge in [-0.2, -0.15) is 0 Å². The number of carboxylic acids is 1. The molecule has 1 fully saturated rings. The quantitative estimate of drug-likeness (QED) is 0.862. The van der Waals surface area contributed by atoms with Gasteiger partial charge in [0.1, 0.15) is 11.6 Å². The maximum atomic E-state index is 12.9. The van der Waals surface area contributed by atoms with Crippen molar-refractivity contribution >= 4 is 17.7 Å². The zero-order valence-electron chi connectivity index (χ0n) is 9.90. The van der Waals surface area contributed by atoms with Crippen LogP contribution in [0.5, 0.6) is 0 Å². The Balaban J connectivity index is 2.00. The largest absolute Gasteiger partial charge is 0.481 e. The van der Waals surface area contributed by atoms with Crippen LogP contribution in [0.15, 0.2) is 18.2 Å². The van der Waals surface area contributed by atoms with Crippen LogP contribution in [-0.2, 0) is 4.79 Å². The van der Waals surface area contributed by atoms with Gasteiger partial charge < -0.3 is 15.3 Å². The molecule has 0 radical (unpaired) electrons. The van der Waals surface area contributed by atoms with Crippen LogP contribution in [0.4, 0.5) is 19.3 Å². The van der Waals surface area contributed by atoms with E-state index in [4.69, 9.17) is 5.11 Å². The molecule has 2 rings (SSSR count). The molecular formula is C12H12F2N2O3. The number of halogens is 2. The van der Waals surface area contributed by atoms with Gasteiger partial charge in [0.15, 0.2) is 0 Å². The highest BCUT2D eigenvalue weighted by molar-refractivity contribution is 5.90. The number of urea groups is 1. The summed E-state index contributed by atoms with van der Waals surface area (Å²) in [4.78, 5) is 23.8. The number of anilines is 1. The third-order valence-electron chi connectivity index (χ3n) is 2.94. The molecule has 0 saturated carbocycles. The van der Waals surface area contributed by atoms with Crippen LogP contribution in [-0.4, -0.2) is 35.1 Å². The van der Waals surface area contributed by atoms with Crippen molar-refractivity contribution in [1.29, 1.82) is 0 Å². The second-order valence-electron chi connectivity index (χ2n) is 4.36. The summed E-state index contributed by atoms with van der Waals surface area (Å²) >= 11 is 0. The number of carbonyl (C=O) groups is 2. The topological polar surface area (TPSA) is 69.6 Å². The second kappa shape index (κ2) is 5.21. The molecule has 19 heavy (non-hydrogen) atoms. The van der Waals surface area contributed by atoms with Crippen molar-refractivity contribution in [3.63, 3.8) is 0 Å². The van der Waals surface area contributed by atoms with Gasteiger partial charge in [0.05, 0.1) is 5.92 Å². The molecule has 1 aromatic rings. The molecule has 0 aromatic heterocycles. The monoisotopic (exact) mass is 270 g/mol. The maximum absolute atomic E-state index is 12.9. The van der Waals surface area contributed by atoms with Gasteiger partial charge in [-0.15, -0.1) is 0 Å². The van der Waals surface area contributed by atoms with Gasteiger partial charge >= 0.3 is 12.0 Å². The summed E-state index contributed by atoms with van der Waals surface area (Å²) in [5, 5.41) is 11.2. The SMILES string of the molecule is O=C(O)C1CCN(C(=O)Nc2cc(F)cc(F)c2)C1. The fourth-order valence-electron chi connectivity index (χ4n) is 1.97. The smallest absolute Gasteiger partial charge is 0.321 e. The number of hydrogen-bond donors (Lipinski definition) is 2. The zero-order chi connectivity index (χ0) is 14.0. The molecule has 2 N–H and O–H groups in total. The van der Waals surface area contributed by atoms with Crippen LogP contribution in [0.2, 0.25) is 0 Å². The van der Waals surface area contributed by atoms with E-state index in [-0.39, 0.29) is 12.2 Å². The Morgan fingerprint density at radius 1 is 1.26 bits per heavy atom. The lowest BCUT2D eigenvalue weighted by atomic mass is 10.1. The van der Waals surface area contributed by atoms with Crippen LogP contribution >= 0.6 is 0 Å².